The first-order valence-electron chi connectivity index (χ1n) is 8.45. The summed E-state index contributed by atoms with van der Waals surface area (Å²) in [5.74, 6) is 0.321. The molecule has 0 aromatic heterocycles. The van der Waals surface area contributed by atoms with Crippen molar-refractivity contribution in [2.45, 2.75) is 19.8 Å². The molecule has 0 spiro atoms. The lowest BCUT2D eigenvalue weighted by Crippen LogP contribution is -2.41. The van der Waals surface area contributed by atoms with Crippen LogP contribution in [0.5, 0.6) is 0 Å². The molecule has 4 rings (SSSR count). The smallest absolute Gasteiger partial charge is 0.258 e. The second kappa shape index (κ2) is 5.78. The minimum Gasteiger partial charge on any atom is -0.272 e. The van der Waals surface area contributed by atoms with Crippen molar-refractivity contribution >= 4 is 23.2 Å². The summed E-state index contributed by atoms with van der Waals surface area (Å²) in [5, 5.41) is 3.07. The van der Waals surface area contributed by atoms with Gasteiger partial charge in [0.1, 0.15) is 5.92 Å². The lowest BCUT2D eigenvalue weighted by Gasteiger charge is -2.27. The van der Waals surface area contributed by atoms with Crippen molar-refractivity contribution in [2.75, 3.05) is 10.0 Å². The van der Waals surface area contributed by atoms with Gasteiger partial charge in [0.15, 0.2) is 0 Å². The van der Waals surface area contributed by atoms with E-state index >= 15 is 0 Å². The first-order valence-corrected chi connectivity index (χ1v) is 8.45. The van der Waals surface area contributed by atoms with Gasteiger partial charge in [-0.3, -0.25) is 9.59 Å². The predicted molar refractivity (Wildman–Crippen MR) is 93.2 cm³/mol. The van der Waals surface area contributed by atoms with E-state index in [0.29, 0.717) is 18.3 Å². The largest absolute Gasteiger partial charge is 0.272 e. The average molecular weight is 320 g/mol. The fourth-order valence-corrected chi connectivity index (χ4v) is 3.45. The van der Waals surface area contributed by atoms with Crippen LogP contribution in [0, 0.1) is 17.8 Å². The summed E-state index contributed by atoms with van der Waals surface area (Å²) in [6.45, 7) is 2.18. The van der Waals surface area contributed by atoms with E-state index in [-0.39, 0.29) is 11.8 Å². The zero-order valence-corrected chi connectivity index (χ0v) is 13.6. The van der Waals surface area contributed by atoms with Crippen LogP contribution in [-0.2, 0) is 9.59 Å². The van der Waals surface area contributed by atoms with Gasteiger partial charge in [0, 0.05) is 0 Å². The Morgan fingerprint density at radius 3 is 1.62 bits per heavy atom. The Morgan fingerprint density at radius 2 is 1.25 bits per heavy atom. The highest BCUT2D eigenvalue weighted by atomic mass is 16.2. The average Bonchev–Trinajstić information content (AvgIpc) is 3.26. The number of anilines is 2. The van der Waals surface area contributed by atoms with Gasteiger partial charge >= 0.3 is 0 Å². The van der Waals surface area contributed by atoms with Gasteiger partial charge in [0.2, 0.25) is 0 Å². The summed E-state index contributed by atoms with van der Waals surface area (Å²) in [6, 6.07) is 18.8. The predicted octanol–water partition coefficient (Wildman–Crippen LogP) is 3.64. The van der Waals surface area contributed by atoms with Gasteiger partial charge < -0.3 is 0 Å². The molecule has 24 heavy (non-hydrogen) atoms. The van der Waals surface area contributed by atoms with Crippen molar-refractivity contribution in [3.63, 3.8) is 0 Å². The number of para-hydroxylation sites is 2. The number of rotatable bonds is 4. The number of benzene rings is 2. The van der Waals surface area contributed by atoms with Crippen LogP contribution in [0.3, 0.4) is 0 Å². The van der Waals surface area contributed by atoms with E-state index in [1.54, 1.807) is 0 Å². The molecule has 1 aliphatic carbocycles. The van der Waals surface area contributed by atoms with E-state index in [2.05, 4.69) is 6.92 Å². The number of hydrogen-bond acceptors (Lipinski definition) is 2. The molecule has 2 fully saturated rings. The molecule has 1 aliphatic heterocycles. The van der Waals surface area contributed by atoms with Gasteiger partial charge in [-0.05, 0) is 48.9 Å². The molecule has 2 aromatic rings. The minimum absolute atomic E-state index is 0.117. The Morgan fingerprint density at radius 1 is 0.833 bits per heavy atom. The first-order chi connectivity index (χ1) is 11.7. The van der Waals surface area contributed by atoms with Gasteiger partial charge in [-0.2, -0.15) is 0 Å². The standard InChI is InChI=1S/C20H20N2O2/c1-14-12-15(14)13-18-19(23)21(16-8-4-2-5-9-16)22(20(18)24)17-10-6-3-7-11-17/h2-11,14-15,18H,12-13H2,1H3. The van der Waals surface area contributed by atoms with Crippen LogP contribution in [0.1, 0.15) is 19.8 Å². The summed E-state index contributed by atoms with van der Waals surface area (Å²) in [4.78, 5) is 26.1. The fourth-order valence-electron chi connectivity index (χ4n) is 3.45. The molecule has 1 saturated carbocycles. The van der Waals surface area contributed by atoms with Gasteiger partial charge in [-0.1, -0.05) is 43.3 Å². The number of amides is 2. The van der Waals surface area contributed by atoms with Crippen molar-refractivity contribution in [3.8, 4) is 0 Å². The molecule has 2 unspecified atom stereocenters. The van der Waals surface area contributed by atoms with Crippen LogP contribution in [0.25, 0.3) is 0 Å². The summed E-state index contributed by atoms with van der Waals surface area (Å²) < 4.78 is 0. The normalized spacial score (nSPS) is 23.9. The van der Waals surface area contributed by atoms with E-state index in [1.165, 1.54) is 10.0 Å². The van der Waals surface area contributed by atoms with Gasteiger partial charge in [0.05, 0.1) is 11.4 Å². The first kappa shape index (κ1) is 14.9. The molecule has 0 bridgehead atoms. The highest BCUT2D eigenvalue weighted by Crippen LogP contribution is 2.45. The Hall–Kier alpha value is -2.62. The number of hydrazine groups is 1. The molecule has 2 amide bonds. The highest BCUT2D eigenvalue weighted by Gasteiger charge is 2.50. The molecule has 4 heteroatoms. The van der Waals surface area contributed by atoms with Gasteiger partial charge in [-0.15, -0.1) is 0 Å². The third-order valence-corrected chi connectivity index (χ3v) is 5.03. The van der Waals surface area contributed by atoms with Crippen LogP contribution in [0.15, 0.2) is 60.7 Å². The zero-order valence-electron chi connectivity index (χ0n) is 13.6. The summed E-state index contributed by atoms with van der Waals surface area (Å²) in [5.41, 5.74) is 1.46. The van der Waals surface area contributed by atoms with E-state index in [4.69, 9.17) is 0 Å². The fraction of sp³-hybridized carbons (Fsp3) is 0.300. The molecule has 122 valence electrons. The number of carbonyl (C=O) groups excluding carboxylic acids is 2. The molecular formula is C20H20N2O2. The quantitative estimate of drug-likeness (QED) is 0.807. The third kappa shape index (κ3) is 2.48. The van der Waals surface area contributed by atoms with Crippen LogP contribution in [0.4, 0.5) is 11.4 Å². The molecular weight excluding hydrogens is 300 g/mol. The minimum atomic E-state index is -0.569. The lowest BCUT2D eigenvalue weighted by atomic mass is 10.0. The molecule has 1 saturated heterocycles. The SMILES string of the molecule is CC1CC1CC1C(=O)N(c2ccccc2)N(c2ccccc2)C1=O. The molecule has 4 nitrogen and oxygen atoms in total. The van der Waals surface area contributed by atoms with E-state index < -0.39 is 5.92 Å². The maximum absolute atomic E-state index is 13.0. The molecule has 2 atom stereocenters. The topological polar surface area (TPSA) is 40.6 Å². The molecule has 1 heterocycles. The Bertz CT molecular complexity index is 702. The van der Waals surface area contributed by atoms with Crippen LogP contribution in [-0.4, -0.2) is 11.8 Å². The van der Waals surface area contributed by atoms with Crippen molar-refractivity contribution < 1.29 is 9.59 Å². The number of nitrogens with zero attached hydrogens (tertiary/aromatic N) is 2. The summed E-state index contributed by atoms with van der Waals surface area (Å²) in [7, 11) is 0. The van der Waals surface area contributed by atoms with Crippen molar-refractivity contribution in [2.24, 2.45) is 17.8 Å². The van der Waals surface area contributed by atoms with Crippen LogP contribution in [0.2, 0.25) is 0 Å². The number of hydrogen-bond donors (Lipinski definition) is 0. The van der Waals surface area contributed by atoms with E-state index in [9.17, 15) is 9.59 Å². The summed E-state index contributed by atoms with van der Waals surface area (Å²) in [6.07, 6.45) is 1.78. The molecule has 0 N–H and O–H groups in total. The zero-order chi connectivity index (χ0) is 16.7. The Kier molecular flexibility index (Phi) is 3.60. The Balaban J connectivity index is 1.73. The second-order valence-electron chi connectivity index (χ2n) is 6.73. The van der Waals surface area contributed by atoms with Gasteiger partial charge in [0.25, 0.3) is 11.8 Å². The molecule has 2 aromatic carbocycles. The third-order valence-electron chi connectivity index (χ3n) is 5.03. The molecule has 2 aliphatic rings. The number of carbonyl (C=O) groups is 2. The highest BCUT2D eigenvalue weighted by molar-refractivity contribution is 6.23. The maximum atomic E-state index is 13.0. The summed E-state index contributed by atoms with van der Waals surface area (Å²) >= 11 is 0. The lowest BCUT2D eigenvalue weighted by molar-refractivity contribution is -0.127. The van der Waals surface area contributed by atoms with Crippen molar-refractivity contribution in [3.05, 3.63) is 60.7 Å². The van der Waals surface area contributed by atoms with E-state index in [1.807, 2.05) is 60.7 Å². The van der Waals surface area contributed by atoms with Crippen LogP contribution >= 0.6 is 0 Å². The maximum Gasteiger partial charge on any atom is 0.258 e. The van der Waals surface area contributed by atoms with Crippen molar-refractivity contribution in [1.29, 1.82) is 0 Å². The van der Waals surface area contributed by atoms with E-state index in [0.717, 1.165) is 17.8 Å². The van der Waals surface area contributed by atoms with Gasteiger partial charge in [-0.25, -0.2) is 10.0 Å². The Labute approximate surface area is 141 Å². The molecule has 0 radical (unpaired) electrons. The monoisotopic (exact) mass is 320 g/mol. The second-order valence-corrected chi connectivity index (χ2v) is 6.73. The van der Waals surface area contributed by atoms with Crippen molar-refractivity contribution in [1.82, 2.24) is 0 Å². The van der Waals surface area contributed by atoms with Crippen LogP contribution < -0.4 is 10.0 Å².